The summed E-state index contributed by atoms with van der Waals surface area (Å²) in [6, 6.07) is 7.36. The maximum atomic E-state index is 10.1. The van der Waals surface area contributed by atoms with E-state index in [1.165, 1.54) is 0 Å². The number of hydrogen-bond donors (Lipinski definition) is 1. The lowest BCUT2D eigenvalue weighted by atomic mass is 10.1. The predicted octanol–water partition coefficient (Wildman–Crippen LogP) is 1.43. The minimum atomic E-state index is 0. The average Bonchev–Trinajstić information content (AvgIpc) is 1.94. The van der Waals surface area contributed by atoms with Crippen LogP contribution in [0.3, 0.4) is 0 Å². The number of nitrogen functional groups attached to an aromatic ring is 1. The molecule has 0 atom stereocenters. The zero-order chi connectivity index (χ0) is 7.40. The van der Waals surface area contributed by atoms with Crippen LogP contribution in [0.4, 0.5) is 5.69 Å². The third-order valence-electron chi connectivity index (χ3n) is 1.36. The number of hydrogen-bond acceptors (Lipinski definition) is 2. The van der Waals surface area contributed by atoms with Gasteiger partial charge >= 0.3 is 0 Å². The van der Waals surface area contributed by atoms with Gasteiger partial charge in [-0.15, -0.1) is 12.4 Å². The number of benzene rings is 1. The smallest absolute Gasteiger partial charge is 0.124 e. The highest BCUT2D eigenvalue weighted by Crippen LogP contribution is 2.09. The van der Waals surface area contributed by atoms with Crippen LogP contribution in [0, 0.1) is 0 Å². The lowest BCUT2D eigenvalue weighted by Gasteiger charge is -1.97. The molecule has 3 heteroatoms. The lowest BCUT2D eigenvalue weighted by Crippen LogP contribution is -1.93. The summed E-state index contributed by atoms with van der Waals surface area (Å²) in [5.41, 5.74) is 7.14. The Morgan fingerprint density at radius 3 is 2.55 bits per heavy atom. The van der Waals surface area contributed by atoms with Gasteiger partial charge in [-0.1, -0.05) is 18.2 Å². The van der Waals surface area contributed by atoms with Gasteiger partial charge < -0.3 is 10.5 Å². The van der Waals surface area contributed by atoms with Crippen molar-refractivity contribution in [2.75, 3.05) is 5.73 Å². The van der Waals surface area contributed by atoms with E-state index in [-0.39, 0.29) is 12.4 Å². The minimum Gasteiger partial charge on any atom is -0.398 e. The van der Waals surface area contributed by atoms with Crippen LogP contribution in [0.25, 0.3) is 0 Å². The summed E-state index contributed by atoms with van der Waals surface area (Å²) >= 11 is 0. The molecule has 0 amide bonds. The number of nitrogens with two attached hydrogens (primary N) is 1. The molecule has 0 aromatic heterocycles. The van der Waals surface area contributed by atoms with Gasteiger partial charge in [0.15, 0.2) is 0 Å². The van der Waals surface area contributed by atoms with Gasteiger partial charge in [0.05, 0.1) is 0 Å². The molecular formula is C8H10ClNO. The van der Waals surface area contributed by atoms with E-state index >= 15 is 0 Å². The molecule has 0 unspecified atom stereocenters. The second kappa shape index (κ2) is 4.74. The van der Waals surface area contributed by atoms with E-state index in [1.807, 2.05) is 18.2 Å². The van der Waals surface area contributed by atoms with Crippen molar-refractivity contribution in [3.63, 3.8) is 0 Å². The van der Waals surface area contributed by atoms with Gasteiger partial charge in [-0.25, -0.2) is 0 Å². The first-order valence-corrected chi connectivity index (χ1v) is 3.11. The zero-order valence-electron chi connectivity index (χ0n) is 5.99. The van der Waals surface area contributed by atoms with E-state index in [1.54, 1.807) is 6.07 Å². The molecule has 1 aromatic rings. The molecule has 0 spiro atoms. The van der Waals surface area contributed by atoms with Gasteiger partial charge in [0.25, 0.3) is 0 Å². The largest absolute Gasteiger partial charge is 0.398 e. The molecule has 0 radical (unpaired) electrons. The quantitative estimate of drug-likeness (QED) is 0.541. The Morgan fingerprint density at radius 1 is 1.36 bits per heavy atom. The van der Waals surface area contributed by atoms with Crippen molar-refractivity contribution in [2.24, 2.45) is 0 Å². The number of carbonyl (C=O) groups excluding carboxylic acids is 1. The molecule has 2 nitrogen and oxygen atoms in total. The first-order valence-electron chi connectivity index (χ1n) is 3.11. The monoisotopic (exact) mass is 171 g/mol. The molecule has 0 aliphatic carbocycles. The van der Waals surface area contributed by atoms with Crippen molar-refractivity contribution in [3.8, 4) is 0 Å². The SMILES string of the molecule is Cl.Nc1ccccc1CC=O. The molecule has 1 rings (SSSR count). The van der Waals surface area contributed by atoms with E-state index in [2.05, 4.69) is 0 Å². The first-order chi connectivity index (χ1) is 4.84. The molecule has 0 fully saturated rings. The predicted molar refractivity (Wildman–Crippen MR) is 47.9 cm³/mol. The lowest BCUT2D eigenvalue weighted by molar-refractivity contribution is -0.107. The third-order valence-corrected chi connectivity index (χ3v) is 1.36. The molecule has 0 bridgehead atoms. The highest BCUT2D eigenvalue weighted by molar-refractivity contribution is 5.85. The highest BCUT2D eigenvalue weighted by atomic mass is 35.5. The number of carbonyl (C=O) groups is 1. The normalized spacial score (nSPS) is 8.36. The summed E-state index contributed by atoms with van der Waals surface area (Å²) in [6.45, 7) is 0. The Morgan fingerprint density at radius 2 is 2.00 bits per heavy atom. The van der Waals surface area contributed by atoms with E-state index in [9.17, 15) is 4.79 Å². The van der Waals surface area contributed by atoms with Crippen molar-refractivity contribution in [3.05, 3.63) is 29.8 Å². The van der Waals surface area contributed by atoms with Gasteiger partial charge in [0, 0.05) is 12.1 Å². The molecule has 0 saturated heterocycles. The van der Waals surface area contributed by atoms with E-state index in [4.69, 9.17) is 5.73 Å². The van der Waals surface area contributed by atoms with E-state index in [0.29, 0.717) is 12.1 Å². The zero-order valence-corrected chi connectivity index (χ0v) is 6.80. The summed E-state index contributed by atoms with van der Waals surface area (Å²) < 4.78 is 0. The number of aldehydes is 1. The minimum absolute atomic E-state index is 0. The highest BCUT2D eigenvalue weighted by Gasteiger charge is 1.93. The van der Waals surface area contributed by atoms with Crippen molar-refractivity contribution in [1.29, 1.82) is 0 Å². The van der Waals surface area contributed by atoms with Gasteiger partial charge in [0.1, 0.15) is 6.29 Å². The Labute approximate surface area is 71.8 Å². The molecular weight excluding hydrogens is 162 g/mol. The Bertz CT molecular complexity index is 237. The van der Waals surface area contributed by atoms with Crippen LogP contribution in [0.5, 0.6) is 0 Å². The summed E-state index contributed by atoms with van der Waals surface area (Å²) in [4.78, 5) is 10.1. The van der Waals surface area contributed by atoms with Crippen molar-refractivity contribution in [1.82, 2.24) is 0 Å². The average molecular weight is 172 g/mol. The molecule has 0 heterocycles. The van der Waals surface area contributed by atoms with Crippen LogP contribution in [0.1, 0.15) is 5.56 Å². The topological polar surface area (TPSA) is 43.1 Å². The summed E-state index contributed by atoms with van der Waals surface area (Å²) in [5.74, 6) is 0. The van der Waals surface area contributed by atoms with Crippen LogP contribution in [0.15, 0.2) is 24.3 Å². The van der Waals surface area contributed by atoms with Gasteiger partial charge in [-0.2, -0.15) is 0 Å². The fourth-order valence-corrected chi connectivity index (χ4v) is 0.810. The van der Waals surface area contributed by atoms with Crippen LogP contribution in [-0.4, -0.2) is 6.29 Å². The number of rotatable bonds is 2. The van der Waals surface area contributed by atoms with Crippen molar-refractivity contribution in [2.45, 2.75) is 6.42 Å². The fourth-order valence-electron chi connectivity index (χ4n) is 0.810. The summed E-state index contributed by atoms with van der Waals surface area (Å²) in [7, 11) is 0. The standard InChI is InChI=1S/C8H9NO.ClH/c9-8-4-2-1-3-7(8)5-6-10;/h1-4,6H,5,9H2;1H. The Hall–Kier alpha value is -1.02. The van der Waals surface area contributed by atoms with Crippen LogP contribution in [0.2, 0.25) is 0 Å². The molecule has 60 valence electrons. The van der Waals surface area contributed by atoms with Crippen LogP contribution < -0.4 is 5.73 Å². The first kappa shape index (κ1) is 9.98. The van der Waals surface area contributed by atoms with E-state index in [0.717, 1.165) is 11.8 Å². The summed E-state index contributed by atoms with van der Waals surface area (Å²) in [5, 5.41) is 0. The maximum Gasteiger partial charge on any atom is 0.124 e. The number of para-hydroxylation sites is 1. The maximum absolute atomic E-state index is 10.1. The van der Waals surface area contributed by atoms with Gasteiger partial charge in [-0.05, 0) is 11.6 Å². The van der Waals surface area contributed by atoms with Crippen molar-refractivity contribution >= 4 is 24.4 Å². The Kier molecular flexibility index (Phi) is 4.30. The van der Waals surface area contributed by atoms with Crippen molar-refractivity contribution < 1.29 is 4.79 Å². The molecule has 0 aliphatic heterocycles. The molecule has 2 N–H and O–H groups in total. The number of halogens is 1. The molecule has 1 aromatic carbocycles. The second-order valence-corrected chi connectivity index (χ2v) is 2.07. The molecule has 11 heavy (non-hydrogen) atoms. The second-order valence-electron chi connectivity index (χ2n) is 2.07. The van der Waals surface area contributed by atoms with Crippen LogP contribution in [-0.2, 0) is 11.2 Å². The Balaban J connectivity index is 0.000001000. The molecule has 0 saturated carbocycles. The van der Waals surface area contributed by atoms with Gasteiger partial charge in [-0.3, -0.25) is 0 Å². The molecule has 0 aliphatic rings. The van der Waals surface area contributed by atoms with Gasteiger partial charge in [0.2, 0.25) is 0 Å². The number of anilines is 1. The fraction of sp³-hybridized carbons (Fsp3) is 0.125. The summed E-state index contributed by atoms with van der Waals surface area (Å²) in [6.07, 6.45) is 1.26. The van der Waals surface area contributed by atoms with Crippen LogP contribution >= 0.6 is 12.4 Å². The third kappa shape index (κ3) is 2.60. The van der Waals surface area contributed by atoms with E-state index < -0.39 is 0 Å².